The molecule has 0 N–H and O–H groups in total. The van der Waals surface area contributed by atoms with E-state index in [1.165, 1.54) is 0 Å². The largest absolute Gasteiger partial charge is 0.509 e. The van der Waals surface area contributed by atoms with E-state index < -0.39 is 17.4 Å². The molecule has 0 amide bonds. The first-order valence-electron chi connectivity index (χ1n) is 4.66. The van der Waals surface area contributed by atoms with Crippen molar-refractivity contribution in [2.45, 2.75) is 52.7 Å². The Balaban J connectivity index is 0.000000921. The van der Waals surface area contributed by atoms with Gasteiger partial charge in [0.05, 0.1) is 0 Å². The van der Waals surface area contributed by atoms with E-state index in [4.69, 9.17) is 9.47 Å². The standard InChI is InChI=1S/C10H18O3.I2/c1-8(2)9(3,4)12-7(11)13-10(8,5)6;1-2/h1-6H3;. The minimum absolute atomic E-state index is 0.214. The molecule has 0 aromatic rings. The van der Waals surface area contributed by atoms with E-state index in [0.29, 0.717) is 0 Å². The maximum atomic E-state index is 11.1. The number of halogens is 2. The number of ether oxygens (including phenoxy) is 2. The highest BCUT2D eigenvalue weighted by Crippen LogP contribution is 2.48. The molecule has 0 aromatic heterocycles. The van der Waals surface area contributed by atoms with Crippen LogP contribution in [0, 0.1) is 5.41 Å². The highest BCUT2D eigenvalue weighted by Gasteiger charge is 2.57. The lowest BCUT2D eigenvalue weighted by Crippen LogP contribution is -2.61. The van der Waals surface area contributed by atoms with Crippen LogP contribution >= 0.6 is 37.2 Å². The lowest BCUT2D eigenvalue weighted by atomic mass is 9.66. The summed E-state index contributed by atoms with van der Waals surface area (Å²) in [6.45, 7) is 11.7. The van der Waals surface area contributed by atoms with Crippen molar-refractivity contribution < 1.29 is 14.3 Å². The normalized spacial score (nSPS) is 25.5. The molecule has 0 radical (unpaired) electrons. The molecule has 3 nitrogen and oxygen atoms in total. The Morgan fingerprint density at radius 1 is 0.867 bits per heavy atom. The molecule has 0 spiro atoms. The first-order valence-corrected chi connectivity index (χ1v) is 10.9. The molecule has 1 saturated heterocycles. The highest BCUT2D eigenvalue weighted by atomic mass is 128. The Morgan fingerprint density at radius 2 is 1.13 bits per heavy atom. The third-order valence-corrected chi connectivity index (χ3v) is 3.69. The van der Waals surface area contributed by atoms with Gasteiger partial charge in [-0.25, -0.2) is 4.79 Å². The molecule has 15 heavy (non-hydrogen) atoms. The molecule has 1 aliphatic rings. The van der Waals surface area contributed by atoms with Crippen molar-refractivity contribution >= 4 is 43.4 Å². The van der Waals surface area contributed by atoms with Crippen molar-refractivity contribution in [3.63, 3.8) is 0 Å². The molecule has 0 aliphatic carbocycles. The number of rotatable bonds is 0. The smallest absolute Gasteiger partial charge is 0.428 e. The molecule has 1 heterocycles. The van der Waals surface area contributed by atoms with Gasteiger partial charge in [0.1, 0.15) is 11.2 Å². The molecule has 0 aromatic carbocycles. The molecule has 1 rings (SSSR count). The number of cyclic esters (lactones) is 2. The minimum Gasteiger partial charge on any atom is -0.428 e. The zero-order valence-electron chi connectivity index (χ0n) is 9.98. The predicted octanol–water partition coefficient (Wildman–Crippen LogP) is 4.51. The van der Waals surface area contributed by atoms with Crippen LogP contribution in [0.15, 0.2) is 0 Å². The lowest BCUT2D eigenvalue weighted by molar-refractivity contribution is -0.218. The van der Waals surface area contributed by atoms with Crippen molar-refractivity contribution in [1.82, 2.24) is 0 Å². The van der Waals surface area contributed by atoms with E-state index in [9.17, 15) is 4.79 Å². The second kappa shape index (κ2) is 4.93. The van der Waals surface area contributed by atoms with Gasteiger partial charge in [-0.1, -0.05) is 13.8 Å². The SMILES string of the molecule is CC1(C)OC(=O)OC(C)(C)C1(C)C.II. The average Bonchev–Trinajstić information content (AvgIpc) is 2.02. The van der Waals surface area contributed by atoms with E-state index >= 15 is 0 Å². The van der Waals surface area contributed by atoms with E-state index in [1.807, 2.05) is 41.5 Å². The van der Waals surface area contributed by atoms with E-state index in [0.717, 1.165) is 0 Å². The second-order valence-electron chi connectivity index (χ2n) is 5.10. The molecule has 0 bridgehead atoms. The Kier molecular flexibility index (Phi) is 5.17. The number of hydrogen-bond donors (Lipinski definition) is 0. The molecule has 0 atom stereocenters. The highest BCUT2D eigenvalue weighted by molar-refractivity contribution is 15.0. The first-order chi connectivity index (χ1) is 6.60. The van der Waals surface area contributed by atoms with Crippen molar-refractivity contribution in [2.75, 3.05) is 0 Å². The minimum atomic E-state index is -0.575. The van der Waals surface area contributed by atoms with Crippen molar-refractivity contribution in [3.05, 3.63) is 0 Å². The van der Waals surface area contributed by atoms with Gasteiger partial charge in [0.2, 0.25) is 0 Å². The molecular weight excluding hydrogens is 422 g/mol. The van der Waals surface area contributed by atoms with Crippen LogP contribution in [0.2, 0.25) is 0 Å². The first kappa shape index (κ1) is 15.7. The number of carbonyl (C=O) groups is 1. The zero-order chi connectivity index (χ0) is 12.5. The molecule has 90 valence electrons. The summed E-state index contributed by atoms with van der Waals surface area (Å²) >= 11 is 4.24. The van der Waals surface area contributed by atoms with Gasteiger partial charge in [0, 0.05) is 42.6 Å². The summed E-state index contributed by atoms with van der Waals surface area (Å²) in [6, 6.07) is 0. The second-order valence-corrected chi connectivity index (χ2v) is 5.10. The van der Waals surface area contributed by atoms with Crippen LogP contribution in [0.25, 0.3) is 0 Å². The maximum Gasteiger partial charge on any atom is 0.509 e. The average molecular weight is 440 g/mol. The fraction of sp³-hybridized carbons (Fsp3) is 0.900. The fourth-order valence-electron chi connectivity index (χ4n) is 1.42. The van der Waals surface area contributed by atoms with Gasteiger partial charge in [-0.2, -0.15) is 0 Å². The number of carbonyl (C=O) groups excluding carboxylic acids is 1. The molecular formula is C10H18I2O3. The van der Waals surface area contributed by atoms with Crippen molar-refractivity contribution in [1.29, 1.82) is 0 Å². The summed E-state index contributed by atoms with van der Waals surface area (Å²) in [5.41, 5.74) is -1.20. The summed E-state index contributed by atoms with van der Waals surface area (Å²) in [7, 11) is 0. The van der Waals surface area contributed by atoms with Crippen LogP contribution in [-0.2, 0) is 9.47 Å². The van der Waals surface area contributed by atoms with Crippen LogP contribution in [0.3, 0.4) is 0 Å². The van der Waals surface area contributed by atoms with Gasteiger partial charge >= 0.3 is 6.16 Å². The molecule has 5 heteroatoms. The topological polar surface area (TPSA) is 35.5 Å². The number of hydrogen-bond acceptors (Lipinski definition) is 3. The monoisotopic (exact) mass is 440 g/mol. The molecule has 0 unspecified atom stereocenters. The van der Waals surface area contributed by atoms with Crippen molar-refractivity contribution in [3.8, 4) is 0 Å². The summed E-state index contributed by atoms with van der Waals surface area (Å²) < 4.78 is 10.3. The Morgan fingerprint density at radius 3 is 1.40 bits per heavy atom. The zero-order valence-corrected chi connectivity index (χ0v) is 14.3. The Bertz CT molecular complexity index is 225. The molecule has 1 aliphatic heterocycles. The Labute approximate surface area is 115 Å². The maximum absolute atomic E-state index is 11.1. The van der Waals surface area contributed by atoms with Gasteiger partial charge in [0.25, 0.3) is 0 Å². The van der Waals surface area contributed by atoms with Crippen LogP contribution in [0.5, 0.6) is 0 Å². The summed E-state index contributed by atoms with van der Waals surface area (Å²) in [5.74, 6) is 0. The van der Waals surface area contributed by atoms with E-state index in [-0.39, 0.29) is 5.41 Å². The summed E-state index contributed by atoms with van der Waals surface area (Å²) in [5, 5.41) is 0. The molecule has 1 fully saturated rings. The van der Waals surface area contributed by atoms with Gasteiger partial charge in [-0.15, -0.1) is 0 Å². The third-order valence-electron chi connectivity index (χ3n) is 3.69. The van der Waals surface area contributed by atoms with Gasteiger partial charge in [-0.3, -0.25) is 0 Å². The van der Waals surface area contributed by atoms with Gasteiger partial charge in [0.15, 0.2) is 0 Å². The van der Waals surface area contributed by atoms with Crippen LogP contribution in [0.4, 0.5) is 4.79 Å². The fourth-order valence-corrected chi connectivity index (χ4v) is 1.42. The van der Waals surface area contributed by atoms with Gasteiger partial charge in [-0.05, 0) is 27.7 Å². The summed E-state index contributed by atoms with van der Waals surface area (Å²) in [6.07, 6.45) is -0.575. The lowest BCUT2D eigenvalue weighted by Gasteiger charge is -2.53. The van der Waals surface area contributed by atoms with E-state index in [1.54, 1.807) is 0 Å². The Hall–Kier alpha value is 0.730. The predicted molar refractivity (Wildman–Crippen MR) is 77.5 cm³/mol. The van der Waals surface area contributed by atoms with Crippen molar-refractivity contribution in [2.24, 2.45) is 5.41 Å². The van der Waals surface area contributed by atoms with Crippen LogP contribution < -0.4 is 0 Å². The third kappa shape index (κ3) is 2.89. The van der Waals surface area contributed by atoms with Crippen LogP contribution in [0.1, 0.15) is 41.5 Å². The molecule has 0 saturated carbocycles. The van der Waals surface area contributed by atoms with Crippen LogP contribution in [-0.4, -0.2) is 17.4 Å². The summed E-state index contributed by atoms with van der Waals surface area (Å²) in [4.78, 5) is 11.1. The van der Waals surface area contributed by atoms with E-state index in [2.05, 4.69) is 37.2 Å². The quantitative estimate of drug-likeness (QED) is 0.411. The van der Waals surface area contributed by atoms with Gasteiger partial charge < -0.3 is 9.47 Å².